The predicted octanol–water partition coefficient (Wildman–Crippen LogP) is 5.07. The van der Waals surface area contributed by atoms with Gasteiger partial charge in [-0.25, -0.2) is 9.67 Å². The van der Waals surface area contributed by atoms with Crippen molar-refractivity contribution in [1.29, 1.82) is 0 Å². The molecular weight excluding hydrogens is 384 g/mol. The number of aryl methyl sites for hydroxylation is 1. The number of hydrogen-bond acceptors (Lipinski definition) is 6. The van der Waals surface area contributed by atoms with E-state index in [-0.39, 0.29) is 6.04 Å². The molecule has 3 heterocycles. The van der Waals surface area contributed by atoms with Crippen molar-refractivity contribution in [2.24, 2.45) is 0 Å². The number of benzene rings is 1. The van der Waals surface area contributed by atoms with Crippen molar-refractivity contribution < 1.29 is 9.15 Å². The Morgan fingerprint density at radius 1 is 1.21 bits per heavy atom. The lowest BCUT2D eigenvalue weighted by Crippen LogP contribution is -2.19. The van der Waals surface area contributed by atoms with Crippen LogP contribution in [0.2, 0.25) is 0 Å². The molecule has 0 fully saturated rings. The normalized spacial score (nSPS) is 12.3. The number of nitrogens with zero attached hydrogens (tertiary/aromatic N) is 3. The monoisotopic (exact) mass is 408 g/mol. The number of rotatable bonds is 7. The number of aromatic nitrogens is 3. The van der Waals surface area contributed by atoms with Crippen LogP contribution in [0.25, 0.3) is 16.5 Å². The second-order valence-electron chi connectivity index (χ2n) is 6.90. The second-order valence-corrected chi connectivity index (χ2v) is 7.84. The quantitative estimate of drug-likeness (QED) is 0.463. The number of hydrogen-bond donors (Lipinski definition) is 1. The highest BCUT2D eigenvalue weighted by atomic mass is 32.1. The standard InChI is InChI=1S/C22H24N4O2S/c1-14(23-13-20-16(3)28-22(25-20)21-6-5-11-29-21)19-12-24-26(15(19)2)17-7-9-18(27-4)10-8-17/h5-12,14,23H,13H2,1-4H3/t14-/m0/s1. The van der Waals surface area contributed by atoms with Gasteiger partial charge in [-0.1, -0.05) is 6.07 Å². The Balaban J connectivity index is 1.46. The van der Waals surface area contributed by atoms with E-state index in [0.29, 0.717) is 12.4 Å². The van der Waals surface area contributed by atoms with Crippen LogP contribution in [0.1, 0.15) is 35.7 Å². The topological polar surface area (TPSA) is 65.1 Å². The van der Waals surface area contributed by atoms with E-state index in [9.17, 15) is 0 Å². The van der Waals surface area contributed by atoms with E-state index in [0.717, 1.165) is 39.0 Å². The lowest BCUT2D eigenvalue weighted by atomic mass is 10.1. The fourth-order valence-electron chi connectivity index (χ4n) is 3.29. The van der Waals surface area contributed by atoms with Gasteiger partial charge in [-0.05, 0) is 56.5 Å². The summed E-state index contributed by atoms with van der Waals surface area (Å²) in [6, 6.07) is 12.0. The SMILES string of the molecule is COc1ccc(-n2ncc([C@H](C)NCc3nc(-c4cccs4)oc3C)c2C)cc1. The van der Waals surface area contributed by atoms with Crippen molar-refractivity contribution in [3.05, 3.63) is 70.7 Å². The van der Waals surface area contributed by atoms with Gasteiger partial charge in [0.2, 0.25) is 5.89 Å². The van der Waals surface area contributed by atoms with E-state index >= 15 is 0 Å². The lowest BCUT2D eigenvalue weighted by Gasteiger charge is -2.13. The van der Waals surface area contributed by atoms with E-state index in [4.69, 9.17) is 9.15 Å². The van der Waals surface area contributed by atoms with Crippen LogP contribution in [0, 0.1) is 13.8 Å². The Morgan fingerprint density at radius 3 is 2.69 bits per heavy atom. The molecule has 4 aromatic rings. The Labute approximate surface area is 174 Å². The van der Waals surface area contributed by atoms with Gasteiger partial charge in [0.05, 0.1) is 29.6 Å². The van der Waals surface area contributed by atoms with Gasteiger partial charge in [0.25, 0.3) is 0 Å². The fraction of sp³-hybridized carbons (Fsp3) is 0.273. The molecule has 0 aliphatic rings. The molecule has 1 N–H and O–H groups in total. The molecule has 0 amide bonds. The summed E-state index contributed by atoms with van der Waals surface area (Å²) in [7, 11) is 1.67. The molecule has 6 nitrogen and oxygen atoms in total. The fourth-order valence-corrected chi connectivity index (χ4v) is 3.94. The molecule has 0 unspecified atom stereocenters. The highest BCUT2D eigenvalue weighted by Crippen LogP contribution is 2.27. The Bertz CT molecular complexity index is 1080. The second kappa shape index (κ2) is 8.23. The first-order chi connectivity index (χ1) is 14.1. The van der Waals surface area contributed by atoms with Gasteiger partial charge in [-0.15, -0.1) is 11.3 Å². The van der Waals surface area contributed by atoms with Gasteiger partial charge in [-0.2, -0.15) is 5.10 Å². The molecule has 0 saturated heterocycles. The summed E-state index contributed by atoms with van der Waals surface area (Å²) in [5, 5.41) is 10.1. The van der Waals surface area contributed by atoms with Crippen molar-refractivity contribution in [2.45, 2.75) is 33.4 Å². The number of oxazole rings is 1. The molecule has 4 rings (SSSR count). The van der Waals surface area contributed by atoms with Crippen molar-refractivity contribution in [3.63, 3.8) is 0 Å². The number of methoxy groups -OCH3 is 1. The maximum Gasteiger partial charge on any atom is 0.236 e. The van der Waals surface area contributed by atoms with E-state index in [1.54, 1.807) is 18.4 Å². The van der Waals surface area contributed by atoms with Crippen LogP contribution in [0.3, 0.4) is 0 Å². The summed E-state index contributed by atoms with van der Waals surface area (Å²) in [5.74, 6) is 2.36. The Hall–Kier alpha value is -2.90. The van der Waals surface area contributed by atoms with E-state index in [2.05, 4.69) is 29.2 Å². The van der Waals surface area contributed by atoms with Gasteiger partial charge >= 0.3 is 0 Å². The highest BCUT2D eigenvalue weighted by molar-refractivity contribution is 7.13. The van der Waals surface area contributed by atoms with Crippen LogP contribution >= 0.6 is 11.3 Å². The zero-order chi connectivity index (χ0) is 20.4. The van der Waals surface area contributed by atoms with Gasteiger partial charge in [-0.3, -0.25) is 0 Å². The first kappa shape index (κ1) is 19.4. The first-order valence-corrected chi connectivity index (χ1v) is 10.4. The van der Waals surface area contributed by atoms with Crippen molar-refractivity contribution >= 4 is 11.3 Å². The van der Waals surface area contributed by atoms with Crippen LogP contribution in [-0.2, 0) is 6.54 Å². The molecule has 0 bridgehead atoms. The number of nitrogens with one attached hydrogen (secondary N) is 1. The van der Waals surface area contributed by atoms with Gasteiger partial charge in [0.15, 0.2) is 0 Å². The maximum absolute atomic E-state index is 5.83. The van der Waals surface area contributed by atoms with Crippen LogP contribution in [0.5, 0.6) is 5.75 Å². The molecule has 0 aliphatic carbocycles. The number of thiophene rings is 1. The van der Waals surface area contributed by atoms with Crippen molar-refractivity contribution in [1.82, 2.24) is 20.1 Å². The summed E-state index contributed by atoms with van der Waals surface area (Å²) >= 11 is 1.63. The van der Waals surface area contributed by atoms with E-state index < -0.39 is 0 Å². The maximum atomic E-state index is 5.83. The molecule has 0 spiro atoms. The number of ether oxygens (including phenoxy) is 1. The minimum Gasteiger partial charge on any atom is -0.497 e. The molecule has 7 heteroatoms. The van der Waals surface area contributed by atoms with E-state index in [1.165, 1.54) is 0 Å². The zero-order valence-electron chi connectivity index (χ0n) is 17.0. The molecule has 0 saturated carbocycles. The molecule has 3 aromatic heterocycles. The summed E-state index contributed by atoms with van der Waals surface area (Å²) in [6.07, 6.45) is 1.92. The van der Waals surface area contributed by atoms with Crippen molar-refractivity contribution in [2.75, 3.05) is 7.11 Å². The molecule has 150 valence electrons. The average molecular weight is 409 g/mol. The molecule has 1 atom stereocenters. The van der Waals surface area contributed by atoms with Gasteiger partial charge in [0, 0.05) is 23.8 Å². The molecular formula is C22H24N4O2S. The van der Waals surface area contributed by atoms with Gasteiger partial charge < -0.3 is 14.5 Å². The average Bonchev–Trinajstić information content (AvgIpc) is 3.46. The Kier molecular flexibility index (Phi) is 5.51. The summed E-state index contributed by atoms with van der Waals surface area (Å²) in [6.45, 7) is 6.81. The van der Waals surface area contributed by atoms with Crippen LogP contribution in [-0.4, -0.2) is 21.9 Å². The first-order valence-electron chi connectivity index (χ1n) is 9.49. The third kappa shape index (κ3) is 3.97. The largest absolute Gasteiger partial charge is 0.497 e. The summed E-state index contributed by atoms with van der Waals surface area (Å²) in [5.41, 5.74) is 4.20. The van der Waals surface area contributed by atoms with Crippen molar-refractivity contribution in [3.8, 4) is 22.2 Å². The molecule has 1 aromatic carbocycles. The van der Waals surface area contributed by atoms with Crippen LogP contribution in [0.4, 0.5) is 0 Å². The predicted molar refractivity (Wildman–Crippen MR) is 115 cm³/mol. The van der Waals surface area contributed by atoms with Crippen LogP contribution in [0.15, 0.2) is 52.4 Å². The summed E-state index contributed by atoms with van der Waals surface area (Å²) < 4.78 is 13.0. The Morgan fingerprint density at radius 2 is 2.00 bits per heavy atom. The molecule has 0 aliphatic heterocycles. The lowest BCUT2D eigenvalue weighted by molar-refractivity contribution is 0.414. The minimum atomic E-state index is 0.128. The van der Waals surface area contributed by atoms with E-state index in [1.807, 2.05) is 59.6 Å². The molecule has 29 heavy (non-hydrogen) atoms. The highest BCUT2D eigenvalue weighted by Gasteiger charge is 2.17. The van der Waals surface area contributed by atoms with Gasteiger partial charge in [0.1, 0.15) is 11.5 Å². The third-order valence-corrected chi connectivity index (χ3v) is 5.89. The smallest absolute Gasteiger partial charge is 0.236 e. The van der Waals surface area contributed by atoms with Crippen LogP contribution < -0.4 is 10.1 Å². The minimum absolute atomic E-state index is 0.128. The third-order valence-electron chi connectivity index (χ3n) is 5.03. The zero-order valence-corrected chi connectivity index (χ0v) is 17.8. The molecule has 0 radical (unpaired) electrons. The summed E-state index contributed by atoms with van der Waals surface area (Å²) in [4.78, 5) is 5.70.